The molecule has 0 unspecified atom stereocenters. The molecular weight excluding hydrogens is 234 g/mol. The van der Waals surface area contributed by atoms with E-state index in [-0.39, 0.29) is 12.5 Å². The third-order valence-electron chi connectivity index (χ3n) is 4.80. The Hall–Kier alpha value is -0.220. The first-order chi connectivity index (χ1) is 8.42. The topological polar surface area (TPSA) is 6.48 Å². The van der Waals surface area contributed by atoms with Crippen molar-refractivity contribution in [3.8, 4) is 0 Å². The summed E-state index contributed by atoms with van der Waals surface area (Å²) < 4.78 is 27.5. The van der Waals surface area contributed by atoms with Crippen LogP contribution in [0.2, 0.25) is 0 Å². The highest BCUT2D eigenvalue weighted by molar-refractivity contribution is 4.92. The first-order valence-electron chi connectivity index (χ1n) is 7.28. The molecule has 2 fully saturated rings. The van der Waals surface area contributed by atoms with E-state index in [1.54, 1.807) is 6.92 Å². The molecule has 18 heavy (non-hydrogen) atoms. The second-order valence-corrected chi connectivity index (χ2v) is 6.17. The van der Waals surface area contributed by atoms with E-state index >= 15 is 0 Å². The van der Waals surface area contributed by atoms with Crippen LogP contribution in [0.1, 0.15) is 40.0 Å². The summed E-state index contributed by atoms with van der Waals surface area (Å²) in [5.74, 6) is -2.95. The lowest BCUT2D eigenvalue weighted by Crippen LogP contribution is -2.56. The van der Waals surface area contributed by atoms with Crippen LogP contribution in [0.5, 0.6) is 0 Å². The molecule has 0 amide bonds. The van der Waals surface area contributed by atoms with Gasteiger partial charge in [0.1, 0.15) is 0 Å². The Labute approximate surface area is 109 Å². The van der Waals surface area contributed by atoms with Crippen molar-refractivity contribution in [1.29, 1.82) is 0 Å². The fraction of sp³-hybridized carbons (Fsp3) is 1.00. The van der Waals surface area contributed by atoms with Gasteiger partial charge in [0.25, 0.3) is 5.92 Å². The van der Waals surface area contributed by atoms with Gasteiger partial charge in [-0.2, -0.15) is 0 Å². The summed E-state index contributed by atoms with van der Waals surface area (Å²) in [5, 5.41) is 0. The second kappa shape index (κ2) is 5.41. The Morgan fingerprint density at radius 1 is 1.11 bits per heavy atom. The minimum Gasteiger partial charge on any atom is -0.298 e. The van der Waals surface area contributed by atoms with Crippen LogP contribution in [0.15, 0.2) is 0 Å². The zero-order chi connectivity index (χ0) is 13.3. The van der Waals surface area contributed by atoms with E-state index in [2.05, 4.69) is 23.6 Å². The quantitative estimate of drug-likeness (QED) is 0.753. The van der Waals surface area contributed by atoms with E-state index in [0.29, 0.717) is 12.5 Å². The molecule has 0 bridgehead atoms. The number of piperazine rings is 1. The fourth-order valence-electron chi connectivity index (χ4n) is 3.39. The fourth-order valence-corrected chi connectivity index (χ4v) is 3.39. The highest BCUT2D eigenvalue weighted by Crippen LogP contribution is 2.40. The van der Waals surface area contributed by atoms with Crippen LogP contribution in [0.4, 0.5) is 8.78 Å². The number of hydrogen-bond acceptors (Lipinski definition) is 2. The molecule has 2 rings (SSSR count). The lowest BCUT2D eigenvalue weighted by Gasteiger charge is -2.46. The van der Waals surface area contributed by atoms with Crippen molar-refractivity contribution in [2.75, 3.05) is 26.2 Å². The number of hydrogen-bond donors (Lipinski definition) is 0. The Kier molecular flexibility index (Phi) is 4.27. The van der Waals surface area contributed by atoms with Gasteiger partial charge in [0, 0.05) is 50.6 Å². The van der Waals surface area contributed by atoms with Crippen LogP contribution < -0.4 is 0 Å². The first kappa shape index (κ1) is 14.2. The Morgan fingerprint density at radius 3 is 2.28 bits per heavy atom. The highest BCUT2D eigenvalue weighted by Gasteiger charge is 2.46. The summed E-state index contributed by atoms with van der Waals surface area (Å²) in [6.45, 7) is 10.1. The van der Waals surface area contributed by atoms with Crippen molar-refractivity contribution < 1.29 is 8.78 Å². The largest absolute Gasteiger partial charge is 0.298 e. The lowest BCUT2D eigenvalue weighted by atomic mass is 9.81. The van der Waals surface area contributed by atoms with Crippen LogP contribution in [0, 0.1) is 5.92 Å². The predicted octanol–water partition coefficient (Wildman–Crippen LogP) is 2.84. The third-order valence-corrected chi connectivity index (χ3v) is 4.80. The van der Waals surface area contributed by atoms with Gasteiger partial charge in [-0.1, -0.05) is 6.92 Å². The van der Waals surface area contributed by atoms with Crippen molar-refractivity contribution in [1.82, 2.24) is 9.80 Å². The molecular formula is C14H26F2N2. The van der Waals surface area contributed by atoms with E-state index in [9.17, 15) is 8.78 Å². The SMILES string of the molecule is CC(C)N1CCN([C@H]2CCCC(F)(F)[C@@H]2C)CC1. The summed E-state index contributed by atoms with van der Waals surface area (Å²) in [6.07, 6.45) is 1.70. The molecule has 0 spiro atoms. The number of rotatable bonds is 2. The van der Waals surface area contributed by atoms with Gasteiger partial charge in [0.05, 0.1) is 0 Å². The molecule has 2 aliphatic rings. The Bertz CT molecular complexity index is 273. The normalized spacial score (nSPS) is 35.0. The van der Waals surface area contributed by atoms with E-state index < -0.39 is 11.8 Å². The maximum absolute atomic E-state index is 13.8. The molecule has 0 aromatic carbocycles. The summed E-state index contributed by atoms with van der Waals surface area (Å²) in [5.41, 5.74) is 0. The highest BCUT2D eigenvalue weighted by atomic mass is 19.3. The van der Waals surface area contributed by atoms with Gasteiger partial charge in [-0.15, -0.1) is 0 Å². The van der Waals surface area contributed by atoms with Gasteiger partial charge >= 0.3 is 0 Å². The number of alkyl halides is 2. The van der Waals surface area contributed by atoms with Gasteiger partial charge in [-0.25, -0.2) is 8.78 Å². The molecule has 0 N–H and O–H groups in total. The molecule has 1 aliphatic carbocycles. The molecule has 2 nitrogen and oxygen atoms in total. The van der Waals surface area contributed by atoms with Crippen LogP contribution in [0.25, 0.3) is 0 Å². The number of nitrogens with zero attached hydrogens (tertiary/aromatic N) is 2. The molecule has 1 heterocycles. The summed E-state index contributed by atoms with van der Waals surface area (Å²) in [7, 11) is 0. The molecule has 0 aromatic heterocycles. The van der Waals surface area contributed by atoms with Crippen LogP contribution in [-0.4, -0.2) is 54.0 Å². The van der Waals surface area contributed by atoms with Crippen molar-refractivity contribution >= 4 is 0 Å². The van der Waals surface area contributed by atoms with Crippen molar-refractivity contribution in [3.63, 3.8) is 0 Å². The van der Waals surface area contributed by atoms with Crippen molar-refractivity contribution in [2.45, 2.75) is 58.0 Å². The minimum atomic E-state index is -2.46. The van der Waals surface area contributed by atoms with E-state index in [1.165, 1.54) is 0 Å². The van der Waals surface area contributed by atoms with Gasteiger partial charge in [-0.05, 0) is 26.7 Å². The van der Waals surface area contributed by atoms with E-state index in [0.717, 1.165) is 32.6 Å². The predicted molar refractivity (Wildman–Crippen MR) is 70.0 cm³/mol. The average molecular weight is 260 g/mol. The van der Waals surface area contributed by atoms with Crippen molar-refractivity contribution in [3.05, 3.63) is 0 Å². The maximum Gasteiger partial charge on any atom is 0.252 e. The standard InChI is InChI=1S/C14H26F2N2/c1-11(2)17-7-9-18(10-8-17)13-5-4-6-14(15,16)12(13)3/h11-13H,4-10H2,1-3H3/t12-,13+/m1/s1. The van der Waals surface area contributed by atoms with Gasteiger partial charge in [0.15, 0.2) is 0 Å². The van der Waals surface area contributed by atoms with Gasteiger partial charge in [0.2, 0.25) is 0 Å². The van der Waals surface area contributed by atoms with Crippen LogP contribution in [0.3, 0.4) is 0 Å². The van der Waals surface area contributed by atoms with Gasteiger partial charge < -0.3 is 0 Å². The van der Waals surface area contributed by atoms with Crippen LogP contribution >= 0.6 is 0 Å². The summed E-state index contributed by atoms with van der Waals surface area (Å²) in [6, 6.07) is 0.653. The van der Waals surface area contributed by atoms with Gasteiger partial charge in [-0.3, -0.25) is 9.80 Å². The lowest BCUT2D eigenvalue weighted by molar-refractivity contribution is -0.117. The smallest absolute Gasteiger partial charge is 0.252 e. The Morgan fingerprint density at radius 2 is 1.72 bits per heavy atom. The molecule has 106 valence electrons. The molecule has 1 saturated carbocycles. The zero-order valence-electron chi connectivity index (χ0n) is 11.8. The minimum absolute atomic E-state index is 0.0800. The van der Waals surface area contributed by atoms with E-state index in [1.807, 2.05) is 0 Å². The van der Waals surface area contributed by atoms with E-state index in [4.69, 9.17) is 0 Å². The summed E-state index contributed by atoms with van der Waals surface area (Å²) >= 11 is 0. The first-order valence-corrected chi connectivity index (χ1v) is 7.28. The molecule has 1 aliphatic heterocycles. The summed E-state index contributed by atoms with van der Waals surface area (Å²) in [4.78, 5) is 4.73. The maximum atomic E-state index is 13.8. The monoisotopic (exact) mass is 260 g/mol. The average Bonchev–Trinajstić information content (AvgIpc) is 2.33. The second-order valence-electron chi connectivity index (χ2n) is 6.17. The molecule has 0 radical (unpaired) electrons. The Balaban J connectivity index is 1.93. The van der Waals surface area contributed by atoms with Crippen molar-refractivity contribution in [2.24, 2.45) is 5.92 Å². The molecule has 4 heteroatoms. The molecule has 1 saturated heterocycles. The zero-order valence-corrected chi connectivity index (χ0v) is 11.8. The molecule has 2 atom stereocenters. The van der Waals surface area contributed by atoms with Crippen LogP contribution in [-0.2, 0) is 0 Å². The number of halogens is 2. The third kappa shape index (κ3) is 2.85. The molecule has 0 aromatic rings.